The summed E-state index contributed by atoms with van der Waals surface area (Å²) in [7, 11) is 1.96. The van der Waals surface area contributed by atoms with Gasteiger partial charge in [-0.1, -0.05) is 12.1 Å². The summed E-state index contributed by atoms with van der Waals surface area (Å²) in [5.74, 6) is 1.25. The van der Waals surface area contributed by atoms with E-state index in [0.29, 0.717) is 12.5 Å². The molecule has 1 unspecified atom stereocenters. The number of nitrogens with one attached hydrogen (secondary N) is 1. The van der Waals surface area contributed by atoms with Crippen molar-refractivity contribution in [3.8, 4) is 0 Å². The van der Waals surface area contributed by atoms with Crippen LogP contribution >= 0.6 is 0 Å². The van der Waals surface area contributed by atoms with E-state index in [1.807, 2.05) is 30.1 Å². The van der Waals surface area contributed by atoms with Crippen molar-refractivity contribution in [1.82, 2.24) is 20.0 Å². The fourth-order valence-corrected chi connectivity index (χ4v) is 4.63. The highest BCUT2D eigenvalue weighted by molar-refractivity contribution is 5.80. The van der Waals surface area contributed by atoms with Crippen LogP contribution in [0.4, 0.5) is 4.39 Å². The molecule has 30 heavy (non-hydrogen) atoms. The van der Waals surface area contributed by atoms with Crippen molar-refractivity contribution in [2.45, 2.75) is 37.5 Å². The largest absolute Gasteiger partial charge is 0.381 e. The molecule has 0 spiro atoms. The summed E-state index contributed by atoms with van der Waals surface area (Å²) in [6.45, 7) is 6.99. The van der Waals surface area contributed by atoms with Gasteiger partial charge in [-0.3, -0.25) is 9.67 Å². The van der Waals surface area contributed by atoms with Crippen LogP contribution in [0.5, 0.6) is 0 Å². The molecular formula is C23H32FN5O. The Balaban J connectivity index is 1.52. The van der Waals surface area contributed by atoms with E-state index in [0.717, 1.165) is 63.6 Å². The fraction of sp³-hybridized carbons (Fsp3) is 0.565. The lowest BCUT2D eigenvalue weighted by atomic mass is 9.74. The summed E-state index contributed by atoms with van der Waals surface area (Å²) in [5, 5.41) is 7.81. The van der Waals surface area contributed by atoms with Crippen molar-refractivity contribution in [3.05, 3.63) is 53.6 Å². The molecule has 7 heteroatoms. The van der Waals surface area contributed by atoms with E-state index in [1.165, 1.54) is 5.56 Å². The predicted molar refractivity (Wildman–Crippen MR) is 116 cm³/mol. The van der Waals surface area contributed by atoms with Crippen molar-refractivity contribution >= 4 is 5.96 Å². The first-order valence-corrected chi connectivity index (χ1v) is 11.0. The van der Waals surface area contributed by atoms with Gasteiger partial charge in [0.25, 0.3) is 0 Å². The average molecular weight is 414 g/mol. The van der Waals surface area contributed by atoms with Crippen LogP contribution in [0.2, 0.25) is 0 Å². The van der Waals surface area contributed by atoms with Crippen LogP contribution < -0.4 is 5.32 Å². The zero-order valence-corrected chi connectivity index (χ0v) is 18.0. The molecule has 0 radical (unpaired) electrons. The molecule has 162 valence electrons. The summed E-state index contributed by atoms with van der Waals surface area (Å²) < 4.78 is 21.0. The third kappa shape index (κ3) is 4.51. The number of guanidine groups is 1. The Bertz CT molecular complexity index is 857. The molecule has 1 aromatic carbocycles. The highest BCUT2D eigenvalue weighted by atomic mass is 19.1. The third-order valence-corrected chi connectivity index (χ3v) is 6.46. The summed E-state index contributed by atoms with van der Waals surface area (Å²) >= 11 is 0. The van der Waals surface area contributed by atoms with Crippen LogP contribution in [0.1, 0.15) is 43.2 Å². The van der Waals surface area contributed by atoms with Gasteiger partial charge in [-0.2, -0.15) is 5.10 Å². The smallest absolute Gasteiger partial charge is 0.193 e. The summed E-state index contributed by atoms with van der Waals surface area (Å²) in [6.07, 6.45) is 7.00. The van der Waals surface area contributed by atoms with Gasteiger partial charge in [-0.15, -0.1) is 0 Å². The molecule has 6 nitrogen and oxygen atoms in total. The molecule has 0 bridgehead atoms. The summed E-state index contributed by atoms with van der Waals surface area (Å²) in [4.78, 5) is 7.44. The number of nitrogens with zero attached hydrogens (tertiary/aromatic N) is 4. The van der Waals surface area contributed by atoms with Crippen molar-refractivity contribution in [2.24, 2.45) is 12.0 Å². The highest BCUT2D eigenvalue weighted by Gasteiger charge is 2.35. The topological polar surface area (TPSA) is 54.7 Å². The number of likely N-dealkylation sites (tertiary alicyclic amines) is 1. The van der Waals surface area contributed by atoms with Crippen molar-refractivity contribution in [3.63, 3.8) is 0 Å². The molecule has 0 aliphatic carbocycles. The minimum Gasteiger partial charge on any atom is -0.381 e. The SMILES string of the molecule is CCNC(=NCC1(c2ccc(F)cc2)CCOCC1)N1CCC(c2cnn(C)c2)C1. The van der Waals surface area contributed by atoms with Gasteiger partial charge in [0.1, 0.15) is 5.82 Å². The zero-order valence-electron chi connectivity index (χ0n) is 18.0. The molecule has 2 aromatic rings. The van der Waals surface area contributed by atoms with Gasteiger partial charge in [0.15, 0.2) is 5.96 Å². The van der Waals surface area contributed by atoms with Crippen LogP contribution in [0.25, 0.3) is 0 Å². The summed E-state index contributed by atoms with van der Waals surface area (Å²) in [5.41, 5.74) is 2.35. The van der Waals surface area contributed by atoms with Crippen LogP contribution in [0, 0.1) is 5.82 Å². The normalized spacial score (nSPS) is 21.8. The standard InChI is InChI=1S/C23H32FN5O/c1-3-25-22(29-11-8-18(16-29)19-14-27-28(2)15-19)26-17-23(9-12-30-13-10-23)20-4-6-21(24)7-5-20/h4-7,14-15,18H,3,8-13,16-17H2,1-2H3,(H,25,26). The first-order chi connectivity index (χ1) is 14.6. The molecular weight excluding hydrogens is 381 g/mol. The molecule has 1 N–H and O–H groups in total. The lowest BCUT2D eigenvalue weighted by molar-refractivity contribution is 0.0530. The number of hydrogen-bond donors (Lipinski definition) is 1. The van der Waals surface area contributed by atoms with Crippen LogP contribution in [-0.2, 0) is 17.2 Å². The zero-order chi connectivity index (χ0) is 21.0. The number of ether oxygens (including phenoxy) is 1. The van der Waals surface area contributed by atoms with Gasteiger partial charge in [0.2, 0.25) is 0 Å². The number of halogens is 1. The molecule has 4 rings (SSSR count). The molecule has 2 saturated heterocycles. The van der Waals surface area contributed by atoms with Crippen molar-refractivity contribution in [1.29, 1.82) is 0 Å². The molecule has 2 aliphatic rings. The Labute approximate surface area is 178 Å². The van der Waals surface area contributed by atoms with E-state index < -0.39 is 0 Å². The highest BCUT2D eigenvalue weighted by Crippen LogP contribution is 2.35. The fourth-order valence-electron chi connectivity index (χ4n) is 4.63. The maximum Gasteiger partial charge on any atom is 0.193 e. The molecule has 1 atom stereocenters. The maximum absolute atomic E-state index is 13.5. The Morgan fingerprint density at radius 1 is 1.30 bits per heavy atom. The number of aliphatic imine (C=N–C) groups is 1. The Kier molecular flexibility index (Phi) is 6.37. The number of rotatable bonds is 5. The van der Waals surface area contributed by atoms with Crippen LogP contribution in [0.15, 0.2) is 41.7 Å². The summed E-state index contributed by atoms with van der Waals surface area (Å²) in [6, 6.07) is 6.94. The lowest BCUT2D eigenvalue weighted by Gasteiger charge is -2.37. The minimum absolute atomic E-state index is 0.102. The number of aryl methyl sites for hydroxylation is 1. The van der Waals surface area contributed by atoms with Crippen molar-refractivity contribution in [2.75, 3.05) is 39.4 Å². The Morgan fingerprint density at radius 3 is 2.73 bits per heavy atom. The molecule has 1 aromatic heterocycles. The lowest BCUT2D eigenvalue weighted by Crippen LogP contribution is -2.42. The molecule has 0 saturated carbocycles. The van der Waals surface area contributed by atoms with Gasteiger partial charge in [0, 0.05) is 57.4 Å². The van der Waals surface area contributed by atoms with E-state index in [2.05, 4.69) is 28.4 Å². The quantitative estimate of drug-likeness (QED) is 0.605. The third-order valence-electron chi connectivity index (χ3n) is 6.46. The van der Waals surface area contributed by atoms with Crippen LogP contribution in [-0.4, -0.2) is 60.0 Å². The van der Waals surface area contributed by atoms with Gasteiger partial charge in [0.05, 0.1) is 12.7 Å². The average Bonchev–Trinajstić information content (AvgIpc) is 3.41. The predicted octanol–water partition coefficient (Wildman–Crippen LogP) is 3.06. The number of aromatic nitrogens is 2. The second-order valence-corrected chi connectivity index (χ2v) is 8.45. The number of hydrogen-bond acceptors (Lipinski definition) is 3. The van der Waals surface area contributed by atoms with Crippen molar-refractivity contribution < 1.29 is 9.13 Å². The van der Waals surface area contributed by atoms with Gasteiger partial charge >= 0.3 is 0 Å². The van der Waals surface area contributed by atoms with E-state index in [1.54, 1.807) is 12.1 Å². The monoisotopic (exact) mass is 413 g/mol. The van der Waals surface area contributed by atoms with E-state index >= 15 is 0 Å². The molecule has 3 heterocycles. The van der Waals surface area contributed by atoms with Gasteiger partial charge in [-0.25, -0.2) is 4.39 Å². The number of benzene rings is 1. The van der Waals surface area contributed by atoms with Crippen LogP contribution in [0.3, 0.4) is 0 Å². The second-order valence-electron chi connectivity index (χ2n) is 8.45. The molecule has 2 aliphatic heterocycles. The first kappa shape index (κ1) is 20.8. The van der Waals surface area contributed by atoms with E-state index in [-0.39, 0.29) is 11.2 Å². The maximum atomic E-state index is 13.5. The second kappa shape index (κ2) is 9.16. The van der Waals surface area contributed by atoms with E-state index in [9.17, 15) is 4.39 Å². The van der Waals surface area contributed by atoms with Gasteiger partial charge < -0.3 is 15.0 Å². The Hall–Kier alpha value is -2.41. The molecule has 2 fully saturated rings. The minimum atomic E-state index is -0.198. The molecule has 0 amide bonds. The van der Waals surface area contributed by atoms with Gasteiger partial charge in [-0.05, 0) is 49.4 Å². The first-order valence-electron chi connectivity index (χ1n) is 11.0. The van der Waals surface area contributed by atoms with E-state index in [4.69, 9.17) is 9.73 Å². The Morgan fingerprint density at radius 2 is 2.07 bits per heavy atom.